The van der Waals surface area contributed by atoms with Crippen LogP contribution in [0.2, 0.25) is 0 Å². The number of hydrogen-bond acceptors (Lipinski definition) is 5. The maximum Gasteiger partial charge on any atom is 0.416 e. The molecule has 1 aliphatic heterocycles. The third-order valence-corrected chi connectivity index (χ3v) is 6.97. The number of alkyl halides is 3. The highest BCUT2D eigenvalue weighted by Crippen LogP contribution is 2.35. The predicted octanol–water partition coefficient (Wildman–Crippen LogP) is 6.03. The summed E-state index contributed by atoms with van der Waals surface area (Å²) in [6, 6.07) is 10.9. The Morgan fingerprint density at radius 1 is 1.02 bits per heavy atom. The molecule has 2 aromatic carbocycles. The second-order valence-electron chi connectivity index (χ2n) is 11.2. The molecule has 0 saturated carbocycles. The van der Waals surface area contributed by atoms with Crippen LogP contribution in [0, 0.1) is 5.41 Å². The zero-order valence-electron chi connectivity index (χ0n) is 24.1. The fraction of sp³-hybridized carbons (Fsp3) is 0.467. The average molecular weight is 591 g/mol. The van der Waals surface area contributed by atoms with Crippen LogP contribution in [-0.4, -0.2) is 47.5 Å². The number of hydrogen-bond donors (Lipinski definition) is 3. The van der Waals surface area contributed by atoms with Crippen LogP contribution in [0.15, 0.2) is 54.6 Å². The van der Waals surface area contributed by atoms with E-state index in [4.69, 9.17) is 4.74 Å². The number of ether oxygens (including phenoxy) is 1. The van der Waals surface area contributed by atoms with Crippen LogP contribution in [0.1, 0.15) is 70.5 Å². The van der Waals surface area contributed by atoms with Crippen molar-refractivity contribution in [1.82, 2.24) is 15.5 Å². The smallest absolute Gasteiger partial charge is 0.416 e. The number of urea groups is 1. The maximum atomic E-state index is 13.0. The Morgan fingerprint density at radius 2 is 1.67 bits per heavy atom. The number of nitrogens with one attached hydrogen (secondary N) is 3. The van der Waals surface area contributed by atoms with E-state index >= 15 is 0 Å². The number of nitrogens with zero attached hydrogens (tertiary/aromatic N) is 1. The number of carbonyl (C=O) groups is 4. The van der Waals surface area contributed by atoms with Crippen molar-refractivity contribution >= 4 is 29.5 Å². The molecule has 0 bridgehead atoms. The first-order valence-electron chi connectivity index (χ1n) is 13.8. The first kappa shape index (κ1) is 32.4. The fourth-order valence-electron chi connectivity index (χ4n) is 4.68. The van der Waals surface area contributed by atoms with E-state index < -0.39 is 59.3 Å². The van der Waals surface area contributed by atoms with Gasteiger partial charge in [0.15, 0.2) is 6.23 Å². The second kappa shape index (κ2) is 13.7. The number of ketones is 1. The molecule has 0 aromatic heterocycles. The van der Waals surface area contributed by atoms with Crippen molar-refractivity contribution in [2.45, 2.75) is 77.9 Å². The number of rotatable bonds is 10. The standard InChI is InChI=1S/C30H37F3N4O5/c1-5-6-12-23(25(38)26(39)34-19(2)20-10-8-7-9-11-20)36-28(41)42-24-17-29(3,4)18-37(24)27(40)35-22-15-13-21(14-16-22)30(31,32)33/h7-11,13-16,19,23-24H,5-6,12,17-18H2,1-4H3,(H,34,39)(H,35,40)(H,36,41)/t19-,23+,24?/m1/s1. The number of halogens is 3. The lowest BCUT2D eigenvalue weighted by atomic mass is 9.93. The van der Waals surface area contributed by atoms with Gasteiger partial charge in [-0.25, -0.2) is 9.59 Å². The van der Waals surface area contributed by atoms with Gasteiger partial charge in [-0.1, -0.05) is 63.9 Å². The van der Waals surface area contributed by atoms with Crippen LogP contribution in [0.5, 0.6) is 0 Å². The molecule has 1 fully saturated rings. The van der Waals surface area contributed by atoms with Gasteiger partial charge in [0.1, 0.15) is 6.04 Å². The van der Waals surface area contributed by atoms with Gasteiger partial charge in [-0.15, -0.1) is 0 Å². The van der Waals surface area contributed by atoms with Crippen LogP contribution >= 0.6 is 0 Å². The third kappa shape index (κ3) is 8.95. The Labute approximate surface area is 243 Å². The van der Waals surface area contributed by atoms with E-state index in [0.29, 0.717) is 6.42 Å². The topological polar surface area (TPSA) is 117 Å². The van der Waals surface area contributed by atoms with Crippen molar-refractivity contribution in [3.8, 4) is 0 Å². The summed E-state index contributed by atoms with van der Waals surface area (Å²) < 4.78 is 44.2. The predicted molar refractivity (Wildman–Crippen MR) is 150 cm³/mol. The highest BCUT2D eigenvalue weighted by molar-refractivity contribution is 6.38. The molecule has 12 heteroatoms. The molecule has 228 valence electrons. The minimum atomic E-state index is -4.51. The average Bonchev–Trinajstić information content (AvgIpc) is 3.24. The van der Waals surface area contributed by atoms with Crippen molar-refractivity contribution < 1.29 is 37.1 Å². The molecular weight excluding hydrogens is 553 g/mol. The Balaban J connectivity index is 1.65. The lowest BCUT2D eigenvalue weighted by Gasteiger charge is -2.26. The quantitative estimate of drug-likeness (QED) is 0.292. The molecule has 1 saturated heterocycles. The summed E-state index contributed by atoms with van der Waals surface area (Å²) in [6.07, 6.45) is -4.71. The minimum absolute atomic E-state index is 0.141. The zero-order chi connectivity index (χ0) is 31.1. The molecular formula is C30H37F3N4O5. The van der Waals surface area contributed by atoms with Gasteiger partial charge in [0.25, 0.3) is 5.91 Å². The van der Waals surface area contributed by atoms with Crippen molar-refractivity contribution in [3.63, 3.8) is 0 Å². The molecule has 1 unspecified atom stereocenters. The molecule has 3 N–H and O–H groups in total. The van der Waals surface area contributed by atoms with E-state index in [2.05, 4.69) is 16.0 Å². The highest BCUT2D eigenvalue weighted by atomic mass is 19.4. The summed E-state index contributed by atoms with van der Waals surface area (Å²) in [6.45, 7) is 7.60. The number of Topliss-reactive ketones (excluding diaryl/α,β-unsaturated/α-hetero) is 1. The third-order valence-electron chi connectivity index (χ3n) is 6.97. The summed E-state index contributed by atoms with van der Waals surface area (Å²) in [7, 11) is 0. The molecule has 0 spiro atoms. The lowest BCUT2D eigenvalue weighted by molar-refractivity contribution is -0.139. The van der Waals surface area contributed by atoms with Crippen LogP contribution in [0.3, 0.4) is 0 Å². The highest BCUT2D eigenvalue weighted by Gasteiger charge is 2.43. The monoisotopic (exact) mass is 590 g/mol. The van der Waals surface area contributed by atoms with E-state index in [9.17, 15) is 32.3 Å². The number of amides is 4. The van der Waals surface area contributed by atoms with Gasteiger partial charge in [-0.3, -0.25) is 14.5 Å². The lowest BCUT2D eigenvalue weighted by Crippen LogP contribution is -2.50. The summed E-state index contributed by atoms with van der Waals surface area (Å²) in [4.78, 5) is 53.0. The Bertz CT molecular complexity index is 1250. The van der Waals surface area contributed by atoms with E-state index in [-0.39, 0.29) is 25.1 Å². The molecule has 3 atom stereocenters. The van der Waals surface area contributed by atoms with E-state index in [1.165, 1.54) is 4.90 Å². The summed E-state index contributed by atoms with van der Waals surface area (Å²) in [5.41, 5.74) is -0.333. The SMILES string of the molecule is CCCC[C@H](NC(=O)OC1CC(C)(C)CN1C(=O)Nc1ccc(C(F)(F)F)cc1)C(=O)C(=O)N[C@H](C)c1ccccc1. The number of anilines is 1. The Morgan fingerprint density at radius 3 is 2.26 bits per heavy atom. The van der Waals surface area contributed by atoms with E-state index in [1.54, 1.807) is 6.92 Å². The fourth-order valence-corrected chi connectivity index (χ4v) is 4.68. The van der Waals surface area contributed by atoms with Crippen LogP contribution in [0.4, 0.5) is 28.4 Å². The van der Waals surface area contributed by atoms with Crippen LogP contribution in [-0.2, 0) is 20.5 Å². The zero-order valence-corrected chi connectivity index (χ0v) is 24.1. The largest absolute Gasteiger partial charge is 0.425 e. The van der Waals surface area contributed by atoms with Gasteiger partial charge in [0, 0.05) is 18.7 Å². The van der Waals surface area contributed by atoms with Gasteiger partial charge in [-0.05, 0) is 48.6 Å². The molecule has 4 amide bonds. The number of unbranched alkanes of at least 4 members (excludes halogenated alkanes) is 1. The molecule has 1 aliphatic rings. The summed E-state index contributed by atoms with van der Waals surface area (Å²) in [5, 5.41) is 7.69. The van der Waals surface area contributed by atoms with Gasteiger partial charge >= 0.3 is 18.3 Å². The van der Waals surface area contributed by atoms with Crippen molar-refractivity contribution in [1.29, 1.82) is 0 Å². The van der Waals surface area contributed by atoms with E-state index in [0.717, 1.165) is 36.2 Å². The number of carbonyl (C=O) groups excluding carboxylic acids is 4. The summed E-state index contributed by atoms with van der Waals surface area (Å²) in [5.74, 6) is -1.65. The molecule has 0 radical (unpaired) electrons. The number of alkyl carbamates (subject to hydrolysis) is 1. The van der Waals surface area contributed by atoms with Gasteiger partial charge in [-0.2, -0.15) is 13.2 Å². The molecule has 1 heterocycles. The minimum Gasteiger partial charge on any atom is -0.425 e. The second-order valence-corrected chi connectivity index (χ2v) is 11.2. The summed E-state index contributed by atoms with van der Waals surface area (Å²) >= 11 is 0. The number of likely N-dealkylation sites (tertiary alicyclic amines) is 1. The van der Waals surface area contributed by atoms with Gasteiger partial charge < -0.3 is 20.7 Å². The normalized spacial score (nSPS) is 17.6. The van der Waals surface area contributed by atoms with Gasteiger partial charge in [0.05, 0.1) is 11.6 Å². The molecule has 42 heavy (non-hydrogen) atoms. The maximum absolute atomic E-state index is 13.0. The van der Waals surface area contributed by atoms with Crippen LogP contribution in [0.25, 0.3) is 0 Å². The van der Waals surface area contributed by atoms with E-state index in [1.807, 2.05) is 51.1 Å². The molecule has 0 aliphatic carbocycles. The first-order valence-corrected chi connectivity index (χ1v) is 13.8. The van der Waals surface area contributed by atoms with Gasteiger partial charge in [0.2, 0.25) is 5.78 Å². The Kier molecular flexibility index (Phi) is 10.6. The van der Waals surface area contributed by atoms with Crippen molar-refractivity contribution in [2.75, 3.05) is 11.9 Å². The molecule has 3 rings (SSSR count). The Hall–Kier alpha value is -4.09. The first-order chi connectivity index (χ1) is 19.7. The molecule has 9 nitrogen and oxygen atoms in total. The van der Waals surface area contributed by atoms with Crippen molar-refractivity contribution in [3.05, 3.63) is 65.7 Å². The van der Waals surface area contributed by atoms with Crippen molar-refractivity contribution in [2.24, 2.45) is 5.41 Å². The molecule has 2 aromatic rings. The van der Waals surface area contributed by atoms with Crippen LogP contribution < -0.4 is 16.0 Å². The number of benzene rings is 2.